The average Bonchev–Trinajstić information content (AvgIpc) is 2.74. The molecule has 0 aromatic heterocycles. The summed E-state index contributed by atoms with van der Waals surface area (Å²) >= 11 is 6.25. The highest BCUT2D eigenvalue weighted by molar-refractivity contribution is 6.31. The number of para-hydroxylation sites is 2. The van der Waals surface area contributed by atoms with Gasteiger partial charge in [0.25, 0.3) is 5.91 Å². The number of rotatable bonds is 4. The fourth-order valence-electron chi connectivity index (χ4n) is 3.32. The van der Waals surface area contributed by atoms with E-state index in [0.717, 1.165) is 11.3 Å². The standard InChI is InChI=1S/C20H22ClN3O2/c1-13-11-19(25)23-17-9-5-6-10-18(17)24(13)20(26)12-22-14(2)15-7-3-4-8-16(15)21/h3-10,13-14,22H,11-12H2,1-2H3,(H,23,25)/p+1/t13-,14-/m0/s1. The van der Waals surface area contributed by atoms with Gasteiger partial charge in [-0.2, -0.15) is 0 Å². The molecular formula is C20H23ClN3O2+. The van der Waals surface area contributed by atoms with E-state index in [1.54, 1.807) is 4.90 Å². The normalized spacial score (nSPS) is 17.9. The number of nitrogens with zero attached hydrogens (tertiary/aromatic N) is 1. The molecule has 0 spiro atoms. The molecule has 0 saturated carbocycles. The summed E-state index contributed by atoms with van der Waals surface area (Å²) < 4.78 is 0. The quantitative estimate of drug-likeness (QED) is 0.866. The van der Waals surface area contributed by atoms with Crippen LogP contribution in [0.5, 0.6) is 0 Å². The van der Waals surface area contributed by atoms with Crippen LogP contribution >= 0.6 is 11.6 Å². The molecule has 26 heavy (non-hydrogen) atoms. The predicted molar refractivity (Wildman–Crippen MR) is 103 cm³/mol. The lowest BCUT2D eigenvalue weighted by Gasteiger charge is -2.27. The van der Waals surface area contributed by atoms with Crippen LogP contribution in [0.2, 0.25) is 5.02 Å². The molecule has 136 valence electrons. The Kier molecular flexibility index (Phi) is 5.59. The zero-order valence-electron chi connectivity index (χ0n) is 14.9. The van der Waals surface area contributed by atoms with E-state index in [2.05, 4.69) is 5.32 Å². The van der Waals surface area contributed by atoms with Crippen LogP contribution < -0.4 is 15.5 Å². The van der Waals surface area contributed by atoms with Gasteiger partial charge < -0.3 is 15.5 Å². The molecule has 2 atom stereocenters. The summed E-state index contributed by atoms with van der Waals surface area (Å²) in [5.41, 5.74) is 2.42. The fourth-order valence-corrected chi connectivity index (χ4v) is 3.62. The molecule has 3 N–H and O–H groups in total. The molecule has 1 aliphatic heterocycles. The van der Waals surface area contributed by atoms with E-state index in [0.29, 0.717) is 10.7 Å². The molecule has 2 aromatic carbocycles. The Bertz CT molecular complexity index is 824. The lowest BCUT2D eigenvalue weighted by molar-refractivity contribution is -0.682. The van der Waals surface area contributed by atoms with Crippen LogP contribution in [0.25, 0.3) is 0 Å². The molecule has 6 heteroatoms. The Morgan fingerprint density at radius 3 is 2.73 bits per heavy atom. The molecule has 0 bridgehead atoms. The van der Waals surface area contributed by atoms with Crippen LogP contribution in [0.4, 0.5) is 11.4 Å². The van der Waals surface area contributed by atoms with Gasteiger partial charge in [-0.3, -0.25) is 9.59 Å². The molecule has 0 radical (unpaired) electrons. The Balaban J connectivity index is 1.76. The highest BCUT2D eigenvalue weighted by atomic mass is 35.5. The molecule has 1 aliphatic rings. The van der Waals surface area contributed by atoms with Gasteiger partial charge in [0.15, 0.2) is 6.54 Å². The Labute approximate surface area is 158 Å². The summed E-state index contributed by atoms with van der Waals surface area (Å²) in [6, 6.07) is 14.9. The van der Waals surface area contributed by atoms with Gasteiger partial charge in [-0.1, -0.05) is 41.9 Å². The highest BCUT2D eigenvalue weighted by Crippen LogP contribution is 2.31. The van der Waals surface area contributed by atoms with Crippen molar-refractivity contribution in [1.29, 1.82) is 0 Å². The van der Waals surface area contributed by atoms with Gasteiger partial charge in [-0.25, -0.2) is 0 Å². The van der Waals surface area contributed by atoms with E-state index < -0.39 is 0 Å². The number of hydrogen-bond donors (Lipinski definition) is 2. The Morgan fingerprint density at radius 2 is 1.96 bits per heavy atom. The van der Waals surface area contributed by atoms with Crippen molar-refractivity contribution in [3.05, 3.63) is 59.1 Å². The SMILES string of the molecule is C[C@H]([NH2+]CC(=O)N1c2ccccc2NC(=O)C[C@@H]1C)c1ccccc1Cl. The van der Waals surface area contributed by atoms with Crippen molar-refractivity contribution in [2.75, 3.05) is 16.8 Å². The number of nitrogens with one attached hydrogen (secondary N) is 1. The first-order valence-corrected chi connectivity index (χ1v) is 9.14. The molecule has 5 nitrogen and oxygen atoms in total. The number of amides is 2. The van der Waals surface area contributed by atoms with Gasteiger partial charge >= 0.3 is 0 Å². The van der Waals surface area contributed by atoms with Crippen LogP contribution in [0.15, 0.2) is 48.5 Å². The summed E-state index contributed by atoms with van der Waals surface area (Å²) in [6.07, 6.45) is 0.278. The summed E-state index contributed by atoms with van der Waals surface area (Å²) in [7, 11) is 0. The van der Waals surface area contributed by atoms with Crippen molar-refractivity contribution in [1.82, 2.24) is 0 Å². The monoisotopic (exact) mass is 372 g/mol. The fraction of sp³-hybridized carbons (Fsp3) is 0.300. The van der Waals surface area contributed by atoms with Crippen molar-refractivity contribution >= 4 is 34.8 Å². The summed E-state index contributed by atoms with van der Waals surface area (Å²) in [5.74, 6) is -0.103. The van der Waals surface area contributed by atoms with Crippen molar-refractivity contribution in [2.45, 2.75) is 32.4 Å². The molecule has 2 amide bonds. The van der Waals surface area contributed by atoms with E-state index in [-0.39, 0.29) is 36.9 Å². The third-order valence-corrected chi connectivity index (χ3v) is 5.01. The third kappa shape index (κ3) is 3.89. The number of fused-ring (bicyclic) bond motifs is 1. The third-order valence-electron chi connectivity index (χ3n) is 4.67. The molecule has 0 fully saturated rings. The van der Waals surface area contributed by atoms with E-state index in [4.69, 9.17) is 11.6 Å². The first-order chi connectivity index (χ1) is 12.5. The zero-order chi connectivity index (χ0) is 18.7. The van der Waals surface area contributed by atoms with Crippen molar-refractivity contribution < 1.29 is 14.9 Å². The van der Waals surface area contributed by atoms with Crippen molar-refractivity contribution in [3.8, 4) is 0 Å². The second-order valence-corrected chi connectivity index (χ2v) is 7.04. The molecule has 2 aromatic rings. The van der Waals surface area contributed by atoms with Crippen LogP contribution in [0.1, 0.15) is 31.9 Å². The maximum Gasteiger partial charge on any atom is 0.282 e. The number of anilines is 2. The van der Waals surface area contributed by atoms with Gasteiger partial charge in [0.05, 0.1) is 11.4 Å². The Morgan fingerprint density at radius 1 is 1.27 bits per heavy atom. The number of carbonyl (C=O) groups excluding carboxylic acids is 2. The second-order valence-electron chi connectivity index (χ2n) is 6.63. The smallest absolute Gasteiger partial charge is 0.282 e. The second kappa shape index (κ2) is 7.89. The van der Waals surface area contributed by atoms with Crippen LogP contribution in [0.3, 0.4) is 0 Å². The number of hydrogen-bond acceptors (Lipinski definition) is 2. The van der Waals surface area contributed by atoms with Gasteiger partial charge in [-0.15, -0.1) is 0 Å². The number of halogens is 1. The minimum atomic E-state index is -0.199. The van der Waals surface area contributed by atoms with Crippen LogP contribution in [-0.2, 0) is 9.59 Å². The van der Waals surface area contributed by atoms with E-state index in [9.17, 15) is 9.59 Å². The maximum atomic E-state index is 13.0. The molecule has 3 rings (SSSR count). The minimum absolute atomic E-state index is 0.0275. The number of carbonyl (C=O) groups is 2. The summed E-state index contributed by atoms with van der Waals surface area (Å²) in [5, 5.41) is 5.55. The van der Waals surface area contributed by atoms with Crippen molar-refractivity contribution in [2.24, 2.45) is 0 Å². The summed E-state index contributed by atoms with van der Waals surface area (Å²) in [6.45, 7) is 4.20. The lowest BCUT2D eigenvalue weighted by Crippen LogP contribution is -2.87. The first-order valence-electron chi connectivity index (χ1n) is 8.76. The highest BCUT2D eigenvalue weighted by Gasteiger charge is 2.30. The van der Waals surface area contributed by atoms with E-state index in [1.165, 1.54) is 0 Å². The molecule has 0 aliphatic carbocycles. The molecule has 0 unspecified atom stereocenters. The topological polar surface area (TPSA) is 66.0 Å². The van der Waals surface area contributed by atoms with Gasteiger partial charge in [0.2, 0.25) is 5.91 Å². The van der Waals surface area contributed by atoms with Crippen molar-refractivity contribution in [3.63, 3.8) is 0 Å². The van der Waals surface area contributed by atoms with Gasteiger partial charge in [-0.05, 0) is 32.0 Å². The van der Waals surface area contributed by atoms with Gasteiger partial charge in [0.1, 0.15) is 6.04 Å². The predicted octanol–water partition coefficient (Wildman–Crippen LogP) is 2.73. The van der Waals surface area contributed by atoms with E-state index in [1.807, 2.05) is 67.7 Å². The van der Waals surface area contributed by atoms with Crippen LogP contribution in [-0.4, -0.2) is 24.4 Å². The molecular weight excluding hydrogens is 350 g/mol. The van der Waals surface area contributed by atoms with E-state index >= 15 is 0 Å². The maximum absolute atomic E-state index is 13.0. The number of nitrogens with two attached hydrogens (primary N) is 1. The van der Waals surface area contributed by atoms with Gasteiger partial charge in [0, 0.05) is 23.0 Å². The molecule has 1 heterocycles. The first kappa shape index (κ1) is 18.4. The molecule has 0 saturated heterocycles. The Hall–Kier alpha value is -2.37. The average molecular weight is 373 g/mol. The number of benzene rings is 2. The minimum Gasteiger partial charge on any atom is -0.332 e. The zero-order valence-corrected chi connectivity index (χ0v) is 15.7. The largest absolute Gasteiger partial charge is 0.332 e. The summed E-state index contributed by atoms with van der Waals surface area (Å²) in [4.78, 5) is 26.7. The van der Waals surface area contributed by atoms with Crippen LogP contribution in [0, 0.1) is 0 Å². The lowest BCUT2D eigenvalue weighted by atomic mass is 10.1. The number of quaternary nitrogens is 1.